The number of hydrogen-bond acceptors (Lipinski definition) is 5. The molecule has 0 saturated heterocycles. The van der Waals surface area contributed by atoms with Crippen LogP contribution in [0.1, 0.15) is 53.6 Å². The number of anilines is 1. The van der Waals surface area contributed by atoms with Crippen molar-refractivity contribution in [3.63, 3.8) is 0 Å². The maximum Gasteiger partial charge on any atom is 0.338 e. The highest BCUT2D eigenvalue weighted by molar-refractivity contribution is 7.89. The van der Waals surface area contributed by atoms with E-state index in [9.17, 15) is 18.0 Å². The van der Waals surface area contributed by atoms with Gasteiger partial charge in [0.05, 0.1) is 10.5 Å². The number of carbonyl (C=O) groups is 2. The molecule has 0 heterocycles. The molecule has 8 heteroatoms. The highest BCUT2D eigenvalue weighted by Gasteiger charge is 2.29. The van der Waals surface area contributed by atoms with Crippen molar-refractivity contribution >= 4 is 27.6 Å². The van der Waals surface area contributed by atoms with Gasteiger partial charge in [0.2, 0.25) is 10.0 Å². The van der Waals surface area contributed by atoms with E-state index in [1.165, 1.54) is 28.6 Å². The molecule has 1 N–H and O–H groups in total. The van der Waals surface area contributed by atoms with Crippen LogP contribution in [0.5, 0.6) is 0 Å². The van der Waals surface area contributed by atoms with Crippen LogP contribution in [0.4, 0.5) is 5.69 Å². The number of nitrogens with one attached hydrogen (secondary N) is 1. The van der Waals surface area contributed by atoms with Crippen molar-refractivity contribution in [1.82, 2.24) is 4.31 Å². The van der Waals surface area contributed by atoms with Gasteiger partial charge in [-0.15, -0.1) is 0 Å². The van der Waals surface area contributed by atoms with Gasteiger partial charge in [0.1, 0.15) is 0 Å². The first-order chi connectivity index (χ1) is 15.2. The summed E-state index contributed by atoms with van der Waals surface area (Å²) in [6.07, 6.45) is 4.94. The first kappa shape index (κ1) is 23.9. The van der Waals surface area contributed by atoms with Gasteiger partial charge >= 0.3 is 5.97 Å². The molecular formula is C24H30N2O5S. The SMILES string of the molecule is Cc1ccc(NC(=O)COC(=O)c2ccc(S(=O)(=O)N(C)C3CCCCC3)cc2)cc1C. The van der Waals surface area contributed by atoms with Gasteiger partial charge in [-0.2, -0.15) is 4.31 Å². The number of nitrogens with zero attached hydrogens (tertiary/aromatic N) is 1. The van der Waals surface area contributed by atoms with Crippen LogP contribution >= 0.6 is 0 Å². The van der Waals surface area contributed by atoms with E-state index in [0.717, 1.165) is 43.2 Å². The standard InChI is InChI=1S/C24H30N2O5S/c1-17-9-12-20(15-18(17)2)25-23(27)16-31-24(28)19-10-13-22(14-11-19)32(29,30)26(3)21-7-5-4-6-8-21/h9-15,21H,4-8,16H2,1-3H3,(H,25,27). The molecule has 7 nitrogen and oxygen atoms in total. The van der Waals surface area contributed by atoms with Crippen molar-refractivity contribution in [2.75, 3.05) is 19.0 Å². The molecule has 1 saturated carbocycles. The average Bonchev–Trinajstić information content (AvgIpc) is 2.80. The Labute approximate surface area is 189 Å². The number of rotatable bonds is 7. The fourth-order valence-electron chi connectivity index (χ4n) is 3.80. The quantitative estimate of drug-likeness (QED) is 0.632. The van der Waals surface area contributed by atoms with E-state index in [0.29, 0.717) is 5.69 Å². The smallest absolute Gasteiger partial charge is 0.338 e. The third-order valence-electron chi connectivity index (χ3n) is 5.98. The van der Waals surface area contributed by atoms with Gasteiger partial charge in [-0.05, 0) is 74.2 Å². The Balaban J connectivity index is 1.57. The van der Waals surface area contributed by atoms with Crippen molar-refractivity contribution in [3.8, 4) is 0 Å². The molecule has 0 atom stereocenters. The Morgan fingerprint density at radius 2 is 1.66 bits per heavy atom. The summed E-state index contributed by atoms with van der Waals surface area (Å²) in [6.45, 7) is 3.49. The predicted molar refractivity (Wildman–Crippen MR) is 123 cm³/mol. The van der Waals surface area contributed by atoms with Gasteiger partial charge in [-0.1, -0.05) is 25.3 Å². The molecule has 2 aromatic rings. The van der Waals surface area contributed by atoms with E-state index >= 15 is 0 Å². The molecule has 0 spiro atoms. The molecule has 1 aliphatic rings. The fourth-order valence-corrected chi connectivity index (χ4v) is 5.22. The Morgan fingerprint density at radius 1 is 1.00 bits per heavy atom. The van der Waals surface area contributed by atoms with Crippen LogP contribution in [0.15, 0.2) is 47.4 Å². The summed E-state index contributed by atoms with van der Waals surface area (Å²) in [7, 11) is -2.02. The van der Waals surface area contributed by atoms with Crippen LogP contribution in [-0.4, -0.2) is 44.3 Å². The highest BCUT2D eigenvalue weighted by atomic mass is 32.2. The van der Waals surface area contributed by atoms with Crippen molar-refractivity contribution in [2.45, 2.75) is 56.9 Å². The molecule has 2 aromatic carbocycles. The van der Waals surface area contributed by atoms with Crippen molar-refractivity contribution in [1.29, 1.82) is 0 Å². The molecule has 0 aromatic heterocycles. The van der Waals surface area contributed by atoms with Gasteiger partial charge in [0.15, 0.2) is 6.61 Å². The molecular weight excluding hydrogens is 428 g/mol. The normalized spacial score (nSPS) is 14.9. The average molecular weight is 459 g/mol. The number of aryl methyl sites for hydroxylation is 2. The minimum Gasteiger partial charge on any atom is -0.452 e. The van der Waals surface area contributed by atoms with Crippen LogP contribution in [0.2, 0.25) is 0 Å². The van der Waals surface area contributed by atoms with E-state index in [1.54, 1.807) is 13.1 Å². The lowest BCUT2D eigenvalue weighted by Crippen LogP contribution is -2.38. The second-order valence-electron chi connectivity index (χ2n) is 8.26. The van der Waals surface area contributed by atoms with E-state index in [-0.39, 0.29) is 16.5 Å². The molecule has 0 radical (unpaired) electrons. The van der Waals surface area contributed by atoms with Crippen LogP contribution in [-0.2, 0) is 19.6 Å². The molecule has 172 valence electrons. The Morgan fingerprint density at radius 3 is 2.28 bits per heavy atom. The summed E-state index contributed by atoms with van der Waals surface area (Å²) in [5, 5.41) is 2.69. The number of sulfonamides is 1. The Bertz CT molecular complexity index is 1070. The molecule has 0 unspecified atom stereocenters. The van der Waals surface area contributed by atoms with E-state index < -0.39 is 28.5 Å². The summed E-state index contributed by atoms with van der Waals surface area (Å²) in [5.41, 5.74) is 2.97. The summed E-state index contributed by atoms with van der Waals surface area (Å²) in [4.78, 5) is 24.5. The van der Waals surface area contributed by atoms with Gasteiger partial charge in [-0.3, -0.25) is 4.79 Å². The fraction of sp³-hybridized carbons (Fsp3) is 0.417. The predicted octanol–water partition coefficient (Wildman–Crippen LogP) is 4.05. The number of benzene rings is 2. The minimum atomic E-state index is -3.63. The number of esters is 1. The maximum absolute atomic E-state index is 12.9. The summed E-state index contributed by atoms with van der Waals surface area (Å²) >= 11 is 0. The second-order valence-corrected chi connectivity index (χ2v) is 10.3. The van der Waals surface area contributed by atoms with Gasteiger partial charge in [0.25, 0.3) is 5.91 Å². The number of carbonyl (C=O) groups excluding carboxylic acids is 2. The summed E-state index contributed by atoms with van der Waals surface area (Å²) < 4.78 is 32.3. The molecule has 0 aliphatic heterocycles. The van der Waals surface area contributed by atoms with Crippen molar-refractivity contribution in [3.05, 3.63) is 59.2 Å². The van der Waals surface area contributed by atoms with Crippen molar-refractivity contribution < 1.29 is 22.7 Å². The zero-order chi connectivity index (χ0) is 23.3. The molecule has 1 aliphatic carbocycles. The summed E-state index contributed by atoms with van der Waals surface area (Å²) in [5.74, 6) is -1.14. The van der Waals surface area contributed by atoms with E-state index in [2.05, 4.69) is 5.32 Å². The lowest BCUT2D eigenvalue weighted by atomic mass is 9.96. The molecule has 1 amide bonds. The van der Waals surface area contributed by atoms with Crippen molar-refractivity contribution in [2.24, 2.45) is 0 Å². The highest BCUT2D eigenvalue weighted by Crippen LogP contribution is 2.26. The molecule has 3 rings (SSSR count). The maximum atomic E-state index is 12.9. The van der Waals surface area contributed by atoms with E-state index in [1.807, 2.05) is 26.0 Å². The van der Waals surface area contributed by atoms with Crippen LogP contribution in [0.3, 0.4) is 0 Å². The van der Waals surface area contributed by atoms with Gasteiger partial charge in [-0.25, -0.2) is 13.2 Å². The van der Waals surface area contributed by atoms with Gasteiger partial charge in [0, 0.05) is 18.8 Å². The molecule has 1 fully saturated rings. The largest absolute Gasteiger partial charge is 0.452 e. The first-order valence-electron chi connectivity index (χ1n) is 10.8. The third-order valence-corrected chi connectivity index (χ3v) is 7.91. The number of hydrogen-bond donors (Lipinski definition) is 1. The van der Waals surface area contributed by atoms with Crippen LogP contribution in [0, 0.1) is 13.8 Å². The summed E-state index contributed by atoms with van der Waals surface area (Å²) in [6, 6.07) is 11.2. The molecule has 32 heavy (non-hydrogen) atoms. The lowest BCUT2D eigenvalue weighted by Gasteiger charge is -2.30. The Kier molecular flexibility index (Phi) is 7.69. The lowest BCUT2D eigenvalue weighted by molar-refractivity contribution is -0.119. The van der Waals surface area contributed by atoms with Crippen LogP contribution < -0.4 is 5.32 Å². The van der Waals surface area contributed by atoms with Crippen LogP contribution in [0.25, 0.3) is 0 Å². The third kappa shape index (κ3) is 5.75. The number of ether oxygens (including phenoxy) is 1. The first-order valence-corrected chi connectivity index (χ1v) is 12.2. The van der Waals surface area contributed by atoms with E-state index in [4.69, 9.17) is 4.74 Å². The zero-order valence-corrected chi connectivity index (χ0v) is 19.6. The zero-order valence-electron chi connectivity index (χ0n) is 18.8. The Hall–Kier alpha value is -2.71. The second kappa shape index (κ2) is 10.3. The number of amides is 1. The topological polar surface area (TPSA) is 92.8 Å². The molecule has 0 bridgehead atoms. The minimum absolute atomic E-state index is 0.00854. The van der Waals surface area contributed by atoms with Gasteiger partial charge < -0.3 is 10.1 Å². The monoisotopic (exact) mass is 458 g/mol.